The molecule has 0 N–H and O–H groups in total. The quantitative estimate of drug-likeness (QED) is 0.598. The van der Waals surface area contributed by atoms with Gasteiger partial charge in [-0.3, -0.25) is 9.59 Å². The Kier molecular flexibility index (Phi) is 6.22. The molecule has 0 unspecified atom stereocenters. The van der Waals surface area contributed by atoms with E-state index < -0.39 is 5.54 Å². The molecule has 3 rings (SSSR count). The van der Waals surface area contributed by atoms with Crippen LogP contribution in [0.2, 0.25) is 0 Å². The number of carbonyl (C=O) groups is 2. The predicted octanol–water partition coefficient (Wildman–Crippen LogP) is 4.34. The number of rotatable bonds is 7. The molecule has 3 aromatic rings. The van der Waals surface area contributed by atoms with Gasteiger partial charge in [0.05, 0.1) is 19.1 Å². The highest BCUT2D eigenvalue weighted by molar-refractivity contribution is 5.94. The van der Waals surface area contributed by atoms with Crippen molar-refractivity contribution < 1.29 is 18.4 Å². The predicted molar refractivity (Wildman–Crippen MR) is 109 cm³/mol. The third kappa shape index (κ3) is 5.38. The lowest BCUT2D eigenvalue weighted by Crippen LogP contribution is -2.51. The molecule has 0 radical (unpaired) electrons. The van der Waals surface area contributed by atoms with Gasteiger partial charge in [0.15, 0.2) is 5.76 Å². The summed E-state index contributed by atoms with van der Waals surface area (Å²) in [5, 5.41) is 0. The molecule has 2 heterocycles. The number of amides is 2. The van der Waals surface area contributed by atoms with E-state index >= 15 is 0 Å². The van der Waals surface area contributed by atoms with Gasteiger partial charge in [-0.15, -0.1) is 0 Å². The lowest BCUT2D eigenvalue weighted by Gasteiger charge is -2.36. The van der Waals surface area contributed by atoms with Crippen LogP contribution in [0.5, 0.6) is 0 Å². The van der Waals surface area contributed by atoms with E-state index in [1.165, 1.54) is 11.2 Å². The molecular formula is C23H26N2O4. The first kappa shape index (κ1) is 20.5. The van der Waals surface area contributed by atoms with Crippen molar-refractivity contribution >= 4 is 11.8 Å². The Morgan fingerprint density at radius 2 is 1.55 bits per heavy atom. The normalized spacial score (nSPS) is 11.3. The Bertz CT molecular complexity index is 910. The molecule has 0 atom stereocenters. The van der Waals surface area contributed by atoms with Crippen molar-refractivity contribution in [3.63, 3.8) is 0 Å². The second-order valence-electron chi connectivity index (χ2n) is 7.85. The van der Waals surface area contributed by atoms with E-state index in [-0.39, 0.29) is 24.1 Å². The molecule has 6 heteroatoms. The average Bonchev–Trinajstić information content (AvgIpc) is 3.39. The van der Waals surface area contributed by atoms with Crippen LogP contribution in [0.3, 0.4) is 0 Å². The van der Waals surface area contributed by atoms with Crippen molar-refractivity contribution in [1.82, 2.24) is 9.80 Å². The maximum atomic E-state index is 13.3. The maximum Gasteiger partial charge on any atom is 0.290 e. The molecule has 152 valence electrons. The fraction of sp³-hybridized carbons (Fsp3) is 0.304. The Hall–Kier alpha value is -3.28. The molecule has 0 spiro atoms. The molecule has 0 fully saturated rings. The highest BCUT2D eigenvalue weighted by Gasteiger charge is 2.32. The van der Waals surface area contributed by atoms with Crippen molar-refractivity contribution in [2.24, 2.45) is 0 Å². The third-order valence-electron chi connectivity index (χ3n) is 4.58. The van der Waals surface area contributed by atoms with Gasteiger partial charge in [0.25, 0.3) is 5.91 Å². The number of benzene rings is 1. The van der Waals surface area contributed by atoms with Crippen LogP contribution < -0.4 is 0 Å². The summed E-state index contributed by atoms with van der Waals surface area (Å²) in [7, 11) is 0. The van der Waals surface area contributed by atoms with Crippen LogP contribution >= 0.6 is 0 Å². The van der Waals surface area contributed by atoms with Gasteiger partial charge in [0.2, 0.25) is 5.91 Å². The standard InChI is InChI=1S/C23H26N2O4/c1-23(2,3)25(22(27)20-12-8-14-29-20)17-21(26)24(16-19-11-7-13-28-19)15-18-9-5-4-6-10-18/h4-14H,15-17H2,1-3H3. The van der Waals surface area contributed by atoms with Crippen molar-refractivity contribution in [3.05, 3.63) is 84.2 Å². The second-order valence-corrected chi connectivity index (χ2v) is 7.85. The average molecular weight is 394 g/mol. The van der Waals surface area contributed by atoms with E-state index in [4.69, 9.17) is 8.83 Å². The zero-order chi connectivity index (χ0) is 20.9. The molecule has 2 aromatic heterocycles. The zero-order valence-corrected chi connectivity index (χ0v) is 17.0. The Morgan fingerprint density at radius 1 is 0.862 bits per heavy atom. The second kappa shape index (κ2) is 8.82. The van der Waals surface area contributed by atoms with Gasteiger partial charge in [0.1, 0.15) is 12.3 Å². The summed E-state index contributed by atoms with van der Waals surface area (Å²) >= 11 is 0. The molecule has 1 aromatic carbocycles. The monoisotopic (exact) mass is 394 g/mol. The summed E-state index contributed by atoms with van der Waals surface area (Å²) in [4.78, 5) is 29.4. The van der Waals surface area contributed by atoms with E-state index in [0.717, 1.165) is 5.56 Å². The van der Waals surface area contributed by atoms with Gasteiger partial charge in [-0.2, -0.15) is 0 Å². The largest absolute Gasteiger partial charge is 0.467 e. The fourth-order valence-corrected chi connectivity index (χ4v) is 3.01. The van der Waals surface area contributed by atoms with Crippen molar-refractivity contribution in [1.29, 1.82) is 0 Å². The van der Waals surface area contributed by atoms with Gasteiger partial charge >= 0.3 is 0 Å². The van der Waals surface area contributed by atoms with Crippen LogP contribution in [0.25, 0.3) is 0 Å². The Labute approximate surface area is 170 Å². The number of furan rings is 2. The molecular weight excluding hydrogens is 368 g/mol. The van der Waals surface area contributed by atoms with Crippen LogP contribution in [0, 0.1) is 0 Å². The molecule has 0 bridgehead atoms. The Morgan fingerprint density at radius 3 is 2.14 bits per heavy atom. The summed E-state index contributed by atoms with van der Waals surface area (Å²) in [5.41, 5.74) is 0.454. The maximum absolute atomic E-state index is 13.3. The Balaban J connectivity index is 1.81. The van der Waals surface area contributed by atoms with Crippen LogP contribution in [-0.2, 0) is 17.9 Å². The van der Waals surface area contributed by atoms with Gasteiger partial charge in [0, 0.05) is 12.1 Å². The summed E-state index contributed by atoms with van der Waals surface area (Å²) < 4.78 is 10.7. The first-order valence-electron chi connectivity index (χ1n) is 9.54. The van der Waals surface area contributed by atoms with E-state index in [1.807, 2.05) is 57.2 Å². The van der Waals surface area contributed by atoms with Crippen LogP contribution in [0.1, 0.15) is 42.6 Å². The van der Waals surface area contributed by atoms with E-state index in [0.29, 0.717) is 18.8 Å². The SMILES string of the molecule is CC(C)(C)N(CC(=O)N(Cc1ccccc1)Cc1ccco1)C(=O)c1ccco1. The number of nitrogens with zero attached hydrogens (tertiary/aromatic N) is 2. The fourth-order valence-electron chi connectivity index (χ4n) is 3.01. The first-order valence-corrected chi connectivity index (χ1v) is 9.54. The smallest absolute Gasteiger partial charge is 0.290 e. The zero-order valence-electron chi connectivity index (χ0n) is 17.0. The van der Waals surface area contributed by atoms with Gasteiger partial charge in [-0.25, -0.2) is 0 Å². The first-order chi connectivity index (χ1) is 13.8. The minimum Gasteiger partial charge on any atom is -0.467 e. The van der Waals surface area contributed by atoms with E-state index in [9.17, 15) is 9.59 Å². The van der Waals surface area contributed by atoms with Gasteiger partial charge in [-0.1, -0.05) is 30.3 Å². The molecule has 0 aliphatic carbocycles. The molecule has 0 saturated carbocycles. The lowest BCUT2D eigenvalue weighted by molar-refractivity contribution is -0.134. The summed E-state index contributed by atoms with van der Waals surface area (Å²) in [6.45, 7) is 6.39. The van der Waals surface area contributed by atoms with Gasteiger partial charge < -0.3 is 18.6 Å². The topological polar surface area (TPSA) is 66.9 Å². The summed E-state index contributed by atoms with van der Waals surface area (Å²) in [5.74, 6) is 0.427. The summed E-state index contributed by atoms with van der Waals surface area (Å²) in [6.07, 6.45) is 3.04. The lowest BCUT2D eigenvalue weighted by atomic mass is 10.1. The van der Waals surface area contributed by atoms with Crippen LogP contribution in [0.4, 0.5) is 0 Å². The minimum absolute atomic E-state index is 0.0590. The van der Waals surface area contributed by atoms with E-state index in [2.05, 4.69) is 0 Å². The highest BCUT2D eigenvalue weighted by atomic mass is 16.3. The van der Waals surface area contributed by atoms with Crippen LogP contribution in [0.15, 0.2) is 76.0 Å². The van der Waals surface area contributed by atoms with Crippen LogP contribution in [-0.4, -0.2) is 33.7 Å². The number of hydrogen-bond acceptors (Lipinski definition) is 4. The molecule has 2 amide bonds. The van der Waals surface area contributed by atoms with E-state index in [1.54, 1.807) is 29.4 Å². The summed E-state index contributed by atoms with van der Waals surface area (Å²) in [6, 6.07) is 16.6. The van der Waals surface area contributed by atoms with Crippen molar-refractivity contribution in [3.8, 4) is 0 Å². The van der Waals surface area contributed by atoms with Crippen molar-refractivity contribution in [2.75, 3.05) is 6.54 Å². The molecule has 0 saturated heterocycles. The third-order valence-corrected chi connectivity index (χ3v) is 4.58. The molecule has 0 aliphatic heterocycles. The van der Waals surface area contributed by atoms with Gasteiger partial charge in [-0.05, 0) is 50.6 Å². The molecule has 0 aliphatic rings. The highest BCUT2D eigenvalue weighted by Crippen LogP contribution is 2.19. The van der Waals surface area contributed by atoms with Crippen molar-refractivity contribution in [2.45, 2.75) is 39.4 Å². The number of carbonyl (C=O) groups excluding carboxylic acids is 2. The minimum atomic E-state index is -0.553. The number of hydrogen-bond donors (Lipinski definition) is 0. The molecule has 6 nitrogen and oxygen atoms in total. The molecule has 29 heavy (non-hydrogen) atoms.